The van der Waals surface area contributed by atoms with Crippen molar-refractivity contribution in [1.82, 2.24) is 19.8 Å². The number of aromatic nitrogens is 4. The van der Waals surface area contributed by atoms with Crippen LogP contribution in [0, 0.1) is 3.57 Å². The zero-order valence-electron chi connectivity index (χ0n) is 8.64. The molecule has 0 aliphatic rings. The highest BCUT2D eigenvalue weighted by Crippen LogP contribution is 2.27. The first-order chi connectivity index (χ1) is 8.02. The summed E-state index contributed by atoms with van der Waals surface area (Å²) in [6.45, 7) is 0. The summed E-state index contributed by atoms with van der Waals surface area (Å²) in [5.41, 5.74) is -0.295. The molecule has 0 spiro atoms. The molecular weight excluding hydrogens is 345 g/mol. The van der Waals surface area contributed by atoms with Crippen LogP contribution >= 0.6 is 22.6 Å². The smallest absolute Gasteiger partial charge is 0.244 e. The van der Waals surface area contributed by atoms with E-state index in [0.29, 0.717) is 9.26 Å². The summed E-state index contributed by atoms with van der Waals surface area (Å²) in [6.07, 6.45) is -2.59. The zero-order valence-corrected chi connectivity index (χ0v) is 10.8. The van der Waals surface area contributed by atoms with E-state index in [1.165, 1.54) is 19.2 Å². The summed E-state index contributed by atoms with van der Waals surface area (Å²) in [7, 11) is 1.44. The average Bonchev–Trinajstić information content (AvgIpc) is 2.60. The molecule has 1 heterocycles. The lowest BCUT2D eigenvalue weighted by atomic mass is 10.2. The third-order valence-electron chi connectivity index (χ3n) is 2.19. The van der Waals surface area contributed by atoms with Crippen molar-refractivity contribution in [2.45, 2.75) is 6.43 Å². The van der Waals surface area contributed by atoms with Gasteiger partial charge in [-0.05, 0) is 39.1 Å². The van der Waals surface area contributed by atoms with E-state index < -0.39 is 12.1 Å². The van der Waals surface area contributed by atoms with Gasteiger partial charge < -0.3 is 0 Å². The van der Waals surface area contributed by atoms with E-state index in [9.17, 15) is 13.6 Å². The van der Waals surface area contributed by atoms with E-state index in [1.54, 1.807) is 28.7 Å². The van der Waals surface area contributed by atoms with E-state index in [2.05, 4.69) is 10.4 Å². The van der Waals surface area contributed by atoms with Gasteiger partial charge in [-0.15, -0.1) is 0 Å². The molecule has 0 fully saturated rings. The van der Waals surface area contributed by atoms with Gasteiger partial charge >= 0.3 is 5.69 Å². The molecule has 17 heavy (non-hydrogen) atoms. The lowest BCUT2D eigenvalue weighted by Crippen LogP contribution is -2.22. The second-order valence-corrected chi connectivity index (χ2v) is 4.36. The summed E-state index contributed by atoms with van der Waals surface area (Å²) in [6, 6.07) is 4.32. The van der Waals surface area contributed by atoms with Crippen molar-refractivity contribution in [2.24, 2.45) is 7.05 Å². The maximum atomic E-state index is 12.7. The van der Waals surface area contributed by atoms with Crippen LogP contribution in [-0.2, 0) is 7.05 Å². The highest BCUT2D eigenvalue weighted by molar-refractivity contribution is 14.1. The van der Waals surface area contributed by atoms with Gasteiger partial charge in [0.05, 0.1) is 5.69 Å². The van der Waals surface area contributed by atoms with Gasteiger partial charge in [0.25, 0.3) is 6.43 Å². The molecule has 0 unspecified atom stereocenters. The van der Waals surface area contributed by atoms with Crippen LogP contribution in [-0.4, -0.2) is 19.8 Å². The van der Waals surface area contributed by atoms with Crippen LogP contribution in [0.2, 0.25) is 0 Å². The molecule has 0 amide bonds. The Hall–Kier alpha value is -1.32. The van der Waals surface area contributed by atoms with Crippen molar-refractivity contribution in [3.8, 4) is 5.69 Å². The van der Waals surface area contributed by atoms with E-state index >= 15 is 0 Å². The van der Waals surface area contributed by atoms with Crippen LogP contribution in [0.3, 0.4) is 0 Å². The summed E-state index contributed by atoms with van der Waals surface area (Å²) < 4.78 is 27.7. The lowest BCUT2D eigenvalue weighted by Gasteiger charge is -2.07. The summed E-state index contributed by atoms with van der Waals surface area (Å²) in [4.78, 5) is 11.6. The molecule has 8 heteroatoms. The SMILES string of the molecule is Cn1nnn(-c2cccc(C(F)F)c2I)c1=O. The van der Waals surface area contributed by atoms with Gasteiger partial charge in [0.2, 0.25) is 0 Å². The monoisotopic (exact) mass is 352 g/mol. The maximum Gasteiger partial charge on any atom is 0.368 e. The van der Waals surface area contributed by atoms with Crippen LogP contribution < -0.4 is 5.69 Å². The molecule has 5 nitrogen and oxygen atoms in total. The minimum atomic E-state index is -2.59. The Bertz CT molecular complexity index is 607. The molecule has 0 radical (unpaired) electrons. The third kappa shape index (κ3) is 2.08. The van der Waals surface area contributed by atoms with Crippen molar-refractivity contribution < 1.29 is 8.78 Å². The Labute approximate surface area is 108 Å². The van der Waals surface area contributed by atoms with Crippen LogP contribution in [0.5, 0.6) is 0 Å². The first kappa shape index (κ1) is 12.1. The van der Waals surface area contributed by atoms with Crippen molar-refractivity contribution in [3.63, 3.8) is 0 Å². The highest BCUT2D eigenvalue weighted by atomic mass is 127. The molecule has 0 N–H and O–H groups in total. The Kier molecular flexibility index (Phi) is 3.22. The molecule has 1 aromatic carbocycles. The minimum Gasteiger partial charge on any atom is -0.244 e. The van der Waals surface area contributed by atoms with Crippen LogP contribution in [0.25, 0.3) is 5.69 Å². The van der Waals surface area contributed by atoms with Crippen LogP contribution in [0.4, 0.5) is 8.78 Å². The van der Waals surface area contributed by atoms with Crippen molar-refractivity contribution in [3.05, 3.63) is 37.8 Å². The maximum absolute atomic E-state index is 12.7. The molecule has 0 aliphatic carbocycles. The van der Waals surface area contributed by atoms with Gasteiger partial charge in [0.15, 0.2) is 0 Å². The highest BCUT2D eigenvalue weighted by Gasteiger charge is 2.17. The first-order valence-corrected chi connectivity index (χ1v) is 5.66. The number of aryl methyl sites for hydroxylation is 1. The Morgan fingerprint density at radius 2 is 2.06 bits per heavy atom. The molecule has 1 aromatic heterocycles. The fourth-order valence-corrected chi connectivity index (χ4v) is 2.16. The van der Waals surface area contributed by atoms with E-state index in [-0.39, 0.29) is 5.56 Å². The summed E-state index contributed by atoms with van der Waals surface area (Å²) in [5.74, 6) is 0. The number of alkyl halides is 2. The second kappa shape index (κ2) is 4.51. The molecule has 2 rings (SSSR count). The third-order valence-corrected chi connectivity index (χ3v) is 3.37. The average molecular weight is 352 g/mol. The first-order valence-electron chi connectivity index (χ1n) is 4.58. The van der Waals surface area contributed by atoms with Gasteiger partial charge in [0.1, 0.15) is 0 Å². The van der Waals surface area contributed by atoms with Gasteiger partial charge in [-0.2, -0.15) is 9.36 Å². The minimum absolute atomic E-state index is 0.124. The van der Waals surface area contributed by atoms with Crippen molar-refractivity contribution >= 4 is 22.6 Å². The molecule has 0 saturated carbocycles. The van der Waals surface area contributed by atoms with Gasteiger partial charge in [-0.3, -0.25) is 0 Å². The molecule has 2 aromatic rings. The standard InChI is InChI=1S/C9H7F2IN4O/c1-15-9(17)16(14-13-15)6-4-2-3-5(7(6)12)8(10)11/h2-4,8H,1H3. The van der Waals surface area contributed by atoms with E-state index in [0.717, 1.165) is 9.36 Å². The van der Waals surface area contributed by atoms with Gasteiger partial charge in [-0.1, -0.05) is 12.1 Å². The Morgan fingerprint density at radius 1 is 1.35 bits per heavy atom. The topological polar surface area (TPSA) is 52.7 Å². The van der Waals surface area contributed by atoms with Gasteiger partial charge in [0, 0.05) is 16.2 Å². The van der Waals surface area contributed by atoms with Crippen molar-refractivity contribution in [2.75, 3.05) is 0 Å². The Balaban J connectivity index is 2.65. The van der Waals surface area contributed by atoms with E-state index in [4.69, 9.17) is 0 Å². The van der Waals surface area contributed by atoms with Gasteiger partial charge in [-0.25, -0.2) is 13.6 Å². The lowest BCUT2D eigenvalue weighted by molar-refractivity contribution is 0.150. The van der Waals surface area contributed by atoms with Crippen LogP contribution in [0.1, 0.15) is 12.0 Å². The Morgan fingerprint density at radius 3 is 2.59 bits per heavy atom. The quantitative estimate of drug-likeness (QED) is 0.770. The second-order valence-electron chi connectivity index (χ2n) is 3.28. The summed E-state index contributed by atoms with van der Waals surface area (Å²) in [5, 5.41) is 7.15. The van der Waals surface area contributed by atoms with Crippen molar-refractivity contribution in [1.29, 1.82) is 0 Å². The number of hydrogen-bond acceptors (Lipinski definition) is 3. The normalized spacial score (nSPS) is 11.1. The predicted molar refractivity (Wildman–Crippen MR) is 64.3 cm³/mol. The number of nitrogens with zero attached hydrogens (tertiary/aromatic N) is 4. The number of halogens is 3. The molecule has 0 aliphatic heterocycles. The largest absolute Gasteiger partial charge is 0.368 e. The number of hydrogen-bond donors (Lipinski definition) is 0. The predicted octanol–water partition coefficient (Wildman–Crippen LogP) is 1.51. The molecule has 90 valence electrons. The number of tetrazole rings is 1. The zero-order chi connectivity index (χ0) is 12.6. The number of rotatable bonds is 2. The number of benzene rings is 1. The fraction of sp³-hybridized carbons (Fsp3) is 0.222. The molecular formula is C9H7F2IN4O. The summed E-state index contributed by atoms with van der Waals surface area (Å²) >= 11 is 1.77. The fourth-order valence-electron chi connectivity index (χ4n) is 1.33. The molecule has 0 bridgehead atoms. The molecule has 0 saturated heterocycles. The van der Waals surface area contributed by atoms with Crippen LogP contribution in [0.15, 0.2) is 23.0 Å². The molecule has 0 atom stereocenters. The van der Waals surface area contributed by atoms with E-state index in [1.807, 2.05) is 0 Å².